The van der Waals surface area contributed by atoms with Gasteiger partial charge in [0.25, 0.3) is 0 Å². The first kappa shape index (κ1) is 14.0. The van der Waals surface area contributed by atoms with E-state index in [0.29, 0.717) is 24.3 Å². The average Bonchev–Trinajstić information content (AvgIpc) is 2.29. The monoisotopic (exact) mass is 256 g/mol. The second-order valence-corrected chi connectivity index (χ2v) is 4.34. The van der Waals surface area contributed by atoms with Crippen LogP contribution in [0, 0.1) is 5.82 Å². The molecule has 0 unspecified atom stereocenters. The standard InChI is InChI=1S/C12H17FN2OS/c1-15(5-6-16-2)8-10-7-9(12(14)17)3-4-11(10)13/h3-4,7H,5-6,8H2,1-2H3,(H2,14,17). The van der Waals surface area contributed by atoms with Gasteiger partial charge in [-0.3, -0.25) is 4.90 Å². The van der Waals surface area contributed by atoms with Crippen molar-refractivity contribution in [1.82, 2.24) is 4.90 Å². The molecule has 2 N–H and O–H groups in total. The van der Waals surface area contributed by atoms with Gasteiger partial charge in [-0.2, -0.15) is 0 Å². The number of hydrogen-bond acceptors (Lipinski definition) is 3. The Kier molecular flexibility index (Phi) is 5.47. The van der Waals surface area contributed by atoms with E-state index >= 15 is 0 Å². The molecular weight excluding hydrogens is 239 g/mol. The van der Waals surface area contributed by atoms with E-state index in [4.69, 9.17) is 22.7 Å². The highest BCUT2D eigenvalue weighted by Crippen LogP contribution is 2.12. The zero-order valence-corrected chi connectivity index (χ0v) is 10.9. The third-order valence-corrected chi connectivity index (χ3v) is 2.68. The lowest BCUT2D eigenvalue weighted by Gasteiger charge is -2.17. The van der Waals surface area contributed by atoms with Crippen LogP contribution in [-0.4, -0.2) is 37.2 Å². The molecule has 17 heavy (non-hydrogen) atoms. The molecule has 0 aliphatic heterocycles. The summed E-state index contributed by atoms with van der Waals surface area (Å²) in [6.07, 6.45) is 0. The van der Waals surface area contributed by atoms with Gasteiger partial charge in [0, 0.05) is 31.3 Å². The minimum atomic E-state index is -0.241. The molecule has 0 aromatic heterocycles. The van der Waals surface area contributed by atoms with Gasteiger partial charge in [0.1, 0.15) is 10.8 Å². The number of halogens is 1. The molecule has 0 saturated carbocycles. The molecule has 5 heteroatoms. The fourth-order valence-corrected chi connectivity index (χ4v) is 1.59. The van der Waals surface area contributed by atoms with Crippen LogP contribution in [0.2, 0.25) is 0 Å². The molecule has 94 valence electrons. The Balaban J connectivity index is 2.75. The van der Waals surface area contributed by atoms with Gasteiger partial charge in [0.05, 0.1) is 6.61 Å². The highest BCUT2D eigenvalue weighted by atomic mass is 32.1. The van der Waals surface area contributed by atoms with E-state index in [0.717, 1.165) is 6.54 Å². The minimum absolute atomic E-state index is 0.241. The molecule has 0 aliphatic carbocycles. The van der Waals surface area contributed by atoms with Crippen LogP contribution in [0.15, 0.2) is 18.2 Å². The van der Waals surface area contributed by atoms with Gasteiger partial charge in [0.2, 0.25) is 0 Å². The number of methoxy groups -OCH3 is 1. The van der Waals surface area contributed by atoms with Gasteiger partial charge in [-0.1, -0.05) is 12.2 Å². The summed E-state index contributed by atoms with van der Waals surface area (Å²) in [6.45, 7) is 1.87. The number of rotatable bonds is 6. The maximum absolute atomic E-state index is 13.6. The Labute approximate surface area is 106 Å². The van der Waals surface area contributed by atoms with Gasteiger partial charge in [-0.05, 0) is 25.2 Å². The minimum Gasteiger partial charge on any atom is -0.389 e. The van der Waals surface area contributed by atoms with E-state index in [1.165, 1.54) is 6.07 Å². The summed E-state index contributed by atoms with van der Waals surface area (Å²) in [5.74, 6) is -0.241. The molecule has 1 aromatic rings. The van der Waals surface area contributed by atoms with Crippen LogP contribution in [0.3, 0.4) is 0 Å². The molecule has 0 radical (unpaired) electrons. The van der Waals surface area contributed by atoms with E-state index < -0.39 is 0 Å². The molecule has 1 rings (SSSR count). The molecule has 0 fully saturated rings. The van der Waals surface area contributed by atoms with Gasteiger partial charge in [0.15, 0.2) is 0 Å². The van der Waals surface area contributed by atoms with Crippen LogP contribution >= 0.6 is 12.2 Å². The molecule has 0 bridgehead atoms. The van der Waals surface area contributed by atoms with Gasteiger partial charge in [-0.25, -0.2) is 4.39 Å². The first-order valence-corrected chi connectivity index (χ1v) is 5.71. The summed E-state index contributed by atoms with van der Waals surface area (Å²) in [4.78, 5) is 2.26. The molecule has 1 aromatic carbocycles. The summed E-state index contributed by atoms with van der Waals surface area (Å²) in [5, 5.41) is 0. The first-order valence-electron chi connectivity index (χ1n) is 5.30. The van der Waals surface area contributed by atoms with Gasteiger partial charge in [-0.15, -0.1) is 0 Å². The quantitative estimate of drug-likeness (QED) is 0.784. The topological polar surface area (TPSA) is 38.5 Å². The van der Waals surface area contributed by atoms with Crippen molar-refractivity contribution in [2.75, 3.05) is 27.3 Å². The highest BCUT2D eigenvalue weighted by Gasteiger charge is 2.08. The number of likely N-dealkylation sites (N-methyl/N-ethyl adjacent to an activating group) is 1. The third-order valence-electron chi connectivity index (χ3n) is 2.45. The fraction of sp³-hybridized carbons (Fsp3) is 0.417. The Bertz CT molecular complexity index is 398. The van der Waals surface area contributed by atoms with Crippen molar-refractivity contribution in [1.29, 1.82) is 0 Å². The Morgan fingerprint density at radius 2 is 2.24 bits per heavy atom. The van der Waals surface area contributed by atoms with Crippen LogP contribution < -0.4 is 5.73 Å². The number of hydrogen-bond donors (Lipinski definition) is 1. The second-order valence-electron chi connectivity index (χ2n) is 3.90. The van der Waals surface area contributed by atoms with Crippen molar-refractivity contribution < 1.29 is 9.13 Å². The molecule has 3 nitrogen and oxygen atoms in total. The van der Waals surface area contributed by atoms with E-state index in [1.54, 1.807) is 19.2 Å². The van der Waals surface area contributed by atoms with E-state index in [-0.39, 0.29) is 10.8 Å². The van der Waals surface area contributed by atoms with E-state index in [9.17, 15) is 4.39 Å². The lowest BCUT2D eigenvalue weighted by Crippen LogP contribution is -2.23. The maximum Gasteiger partial charge on any atom is 0.127 e. The molecule has 0 heterocycles. The molecule has 0 amide bonds. The van der Waals surface area contributed by atoms with Gasteiger partial charge < -0.3 is 10.5 Å². The van der Waals surface area contributed by atoms with Crippen LogP contribution in [0.1, 0.15) is 11.1 Å². The smallest absolute Gasteiger partial charge is 0.127 e. The predicted octanol–water partition coefficient (Wildman–Crippen LogP) is 1.54. The van der Waals surface area contributed by atoms with Crippen LogP contribution in [0.25, 0.3) is 0 Å². The zero-order chi connectivity index (χ0) is 12.8. The first-order chi connectivity index (χ1) is 8.04. The Hall–Kier alpha value is -1.04. The van der Waals surface area contributed by atoms with Crippen LogP contribution in [0.5, 0.6) is 0 Å². The second kappa shape index (κ2) is 6.64. The summed E-state index contributed by atoms with van der Waals surface area (Å²) < 4.78 is 18.5. The average molecular weight is 256 g/mol. The van der Waals surface area contributed by atoms with Crippen molar-refractivity contribution >= 4 is 17.2 Å². The lowest BCUT2D eigenvalue weighted by atomic mass is 10.1. The summed E-state index contributed by atoms with van der Waals surface area (Å²) in [5.41, 5.74) is 6.80. The third kappa shape index (κ3) is 4.38. The number of ether oxygens (including phenoxy) is 1. The highest BCUT2D eigenvalue weighted by molar-refractivity contribution is 7.80. The molecule has 0 spiro atoms. The van der Waals surface area contributed by atoms with Crippen molar-refractivity contribution in [3.63, 3.8) is 0 Å². The Morgan fingerprint density at radius 1 is 1.53 bits per heavy atom. The van der Waals surface area contributed by atoms with Crippen LogP contribution in [-0.2, 0) is 11.3 Å². The fourth-order valence-electron chi connectivity index (χ4n) is 1.47. The number of nitrogens with zero attached hydrogens (tertiary/aromatic N) is 1. The molecule has 0 saturated heterocycles. The summed E-state index contributed by atoms with van der Waals surface area (Å²) in [7, 11) is 3.55. The predicted molar refractivity (Wildman–Crippen MR) is 70.5 cm³/mol. The number of nitrogens with two attached hydrogens (primary N) is 1. The van der Waals surface area contributed by atoms with E-state index in [1.807, 2.05) is 11.9 Å². The maximum atomic E-state index is 13.6. The Morgan fingerprint density at radius 3 is 2.82 bits per heavy atom. The van der Waals surface area contributed by atoms with Crippen molar-refractivity contribution in [3.05, 3.63) is 35.1 Å². The summed E-state index contributed by atoms with van der Waals surface area (Å²) in [6, 6.07) is 4.69. The van der Waals surface area contributed by atoms with Crippen molar-refractivity contribution in [2.45, 2.75) is 6.54 Å². The molecule has 0 atom stereocenters. The van der Waals surface area contributed by atoms with E-state index in [2.05, 4.69) is 0 Å². The number of thiocarbonyl (C=S) groups is 1. The normalized spacial score (nSPS) is 10.8. The van der Waals surface area contributed by atoms with Gasteiger partial charge >= 0.3 is 0 Å². The van der Waals surface area contributed by atoms with Crippen molar-refractivity contribution in [2.24, 2.45) is 5.73 Å². The lowest BCUT2D eigenvalue weighted by molar-refractivity contribution is 0.158. The molecule has 0 aliphatic rings. The summed E-state index contributed by atoms with van der Waals surface area (Å²) >= 11 is 4.87. The SMILES string of the molecule is COCCN(C)Cc1cc(C(N)=S)ccc1F. The van der Waals surface area contributed by atoms with Crippen molar-refractivity contribution in [3.8, 4) is 0 Å². The largest absolute Gasteiger partial charge is 0.389 e. The number of benzene rings is 1. The molecular formula is C12H17FN2OS. The van der Waals surface area contributed by atoms with Crippen LogP contribution in [0.4, 0.5) is 4.39 Å². The zero-order valence-electron chi connectivity index (χ0n) is 10.1.